The van der Waals surface area contributed by atoms with E-state index in [4.69, 9.17) is 4.42 Å². The number of halogens is 1. The van der Waals surface area contributed by atoms with E-state index in [0.717, 1.165) is 18.2 Å². The summed E-state index contributed by atoms with van der Waals surface area (Å²) in [4.78, 5) is 10.2. The molecule has 0 radical (unpaired) electrons. The topological polar surface area (TPSA) is 68.3 Å². The van der Waals surface area contributed by atoms with Gasteiger partial charge in [0.25, 0.3) is 5.69 Å². The minimum atomic E-state index is -0.636. The van der Waals surface area contributed by atoms with E-state index in [0.29, 0.717) is 12.3 Å². The molecule has 1 aromatic heterocycles. The normalized spacial score (nSPS) is 10.4. The number of rotatable bonds is 5. The van der Waals surface area contributed by atoms with Gasteiger partial charge in [0.15, 0.2) is 0 Å². The molecule has 0 saturated carbocycles. The van der Waals surface area contributed by atoms with E-state index in [1.54, 1.807) is 6.07 Å². The monoisotopic (exact) mass is 264 g/mol. The van der Waals surface area contributed by atoms with Crippen molar-refractivity contribution in [3.8, 4) is 0 Å². The number of nitrogens with zero attached hydrogens (tertiary/aromatic N) is 1. The Morgan fingerprint density at radius 1 is 1.32 bits per heavy atom. The Morgan fingerprint density at radius 2 is 2.05 bits per heavy atom. The highest BCUT2D eigenvalue weighted by Gasteiger charge is 2.14. The zero-order chi connectivity index (χ0) is 13.8. The fourth-order valence-electron chi connectivity index (χ4n) is 1.70. The molecule has 5 nitrogen and oxygen atoms in total. The lowest BCUT2D eigenvalue weighted by Crippen LogP contribution is -2.02. The summed E-state index contributed by atoms with van der Waals surface area (Å²) in [6.07, 6.45) is 0.788. The van der Waals surface area contributed by atoms with E-state index in [1.807, 2.05) is 13.0 Å². The molecule has 0 fully saturated rings. The fourth-order valence-corrected chi connectivity index (χ4v) is 1.70. The van der Waals surface area contributed by atoms with Crippen LogP contribution in [0.1, 0.15) is 18.4 Å². The summed E-state index contributed by atoms with van der Waals surface area (Å²) in [5, 5.41) is 13.7. The summed E-state index contributed by atoms with van der Waals surface area (Å²) in [6, 6.07) is 7.07. The van der Waals surface area contributed by atoms with Crippen molar-refractivity contribution in [1.82, 2.24) is 0 Å². The number of hydrogen-bond donors (Lipinski definition) is 1. The number of nitrogens with one attached hydrogen (secondary N) is 1. The van der Waals surface area contributed by atoms with E-state index in [2.05, 4.69) is 5.32 Å². The Bertz CT molecular complexity index is 595. The summed E-state index contributed by atoms with van der Waals surface area (Å²) in [5.41, 5.74) is -0.0249. The van der Waals surface area contributed by atoms with Gasteiger partial charge in [0.2, 0.25) is 0 Å². The van der Waals surface area contributed by atoms with Crippen LogP contribution in [0.4, 0.5) is 15.8 Å². The molecule has 0 atom stereocenters. The Kier molecular flexibility index (Phi) is 3.79. The average Bonchev–Trinajstić information content (AvgIpc) is 2.85. The minimum Gasteiger partial charge on any atom is -0.464 e. The molecule has 0 bridgehead atoms. The molecule has 1 heterocycles. The van der Waals surface area contributed by atoms with Crippen molar-refractivity contribution >= 4 is 11.4 Å². The van der Waals surface area contributed by atoms with E-state index >= 15 is 0 Å². The van der Waals surface area contributed by atoms with Gasteiger partial charge in [0, 0.05) is 6.42 Å². The molecule has 0 unspecified atom stereocenters. The maximum absolute atomic E-state index is 13.0. The molecule has 6 heteroatoms. The molecule has 2 rings (SSSR count). The molecule has 0 aliphatic rings. The van der Waals surface area contributed by atoms with Gasteiger partial charge in [-0.1, -0.05) is 6.92 Å². The van der Waals surface area contributed by atoms with Gasteiger partial charge in [-0.25, -0.2) is 4.39 Å². The molecule has 0 spiro atoms. The summed E-state index contributed by atoms with van der Waals surface area (Å²) in [5.74, 6) is 0.893. The highest BCUT2D eigenvalue weighted by Crippen LogP contribution is 2.25. The SMILES string of the molecule is CCc1ccc(CNc2ccc(F)cc2[N+](=O)[O-])o1. The molecule has 1 aromatic carbocycles. The fraction of sp³-hybridized carbons (Fsp3) is 0.231. The molecule has 0 amide bonds. The van der Waals surface area contributed by atoms with Crippen LogP contribution < -0.4 is 5.32 Å². The largest absolute Gasteiger partial charge is 0.464 e. The van der Waals surface area contributed by atoms with Crippen molar-refractivity contribution in [2.24, 2.45) is 0 Å². The lowest BCUT2D eigenvalue weighted by Gasteiger charge is -2.05. The second-order valence-corrected chi connectivity index (χ2v) is 3.99. The first-order valence-electron chi connectivity index (χ1n) is 5.85. The first-order valence-corrected chi connectivity index (χ1v) is 5.85. The Labute approximate surface area is 109 Å². The van der Waals surface area contributed by atoms with E-state index in [-0.39, 0.29) is 11.4 Å². The Morgan fingerprint density at radius 3 is 2.68 bits per heavy atom. The van der Waals surface area contributed by atoms with Gasteiger partial charge in [-0.2, -0.15) is 0 Å². The number of furan rings is 1. The van der Waals surface area contributed by atoms with E-state index in [1.165, 1.54) is 12.1 Å². The van der Waals surface area contributed by atoms with E-state index < -0.39 is 10.7 Å². The van der Waals surface area contributed by atoms with Gasteiger partial charge in [-0.05, 0) is 24.3 Å². The second-order valence-electron chi connectivity index (χ2n) is 3.99. The van der Waals surface area contributed by atoms with Crippen molar-refractivity contribution in [3.05, 3.63) is 57.8 Å². The van der Waals surface area contributed by atoms with Crippen molar-refractivity contribution in [1.29, 1.82) is 0 Å². The van der Waals surface area contributed by atoms with Gasteiger partial charge >= 0.3 is 0 Å². The zero-order valence-corrected chi connectivity index (χ0v) is 10.4. The first-order chi connectivity index (χ1) is 9.10. The van der Waals surface area contributed by atoms with Crippen LogP contribution in [0.25, 0.3) is 0 Å². The number of benzene rings is 1. The maximum atomic E-state index is 13.0. The quantitative estimate of drug-likeness (QED) is 0.662. The van der Waals surface area contributed by atoms with Crippen LogP contribution in [-0.4, -0.2) is 4.92 Å². The third kappa shape index (κ3) is 3.09. The smallest absolute Gasteiger partial charge is 0.295 e. The molecule has 0 aliphatic carbocycles. The number of nitro benzene ring substituents is 1. The molecule has 0 saturated heterocycles. The lowest BCUT2D eigenvalue weighted by atomic mass is 10.2. The highest BCUT2D eigenvalue weighted by atomic mass is 19.1. The third-order valence-corrected chi connectivity index (χ3v) is 2.68. The standard InChI is InChI=1S/C13H13FN2O3/c1-2-10-4-5-11(19-10)8-15-12-6-3-9(14)7-13(12)16(17)18/h3-7,15H,2,8H2,1H3. The molecular formula is C13H13FN2O3. The summed E-state index contributed by atoms with van der Waals surface area (Å²) < 4.78 is 18.4. The predicted molar refractivity (Wildman–Crippen MR) is 68.5 cm³/mol. The number of hydrogen-bond acceptors (Lipinski definition) is 4. The van der Waals surface area contributed by atoms with Crippen LogP contribution in [0.5, 0.6) is 0 Å². The van der Waals surface area contributed by atoms with Crippen LogP contribution in [-0.2, 0) is 13.0 Å². The van der Waals surface area contributed by atoms with Crippen molar-refractivity contribution in [2.45, 2.75) is 19.9 Å². The molecule has 19 heavy (non-hydrogen) atoms. The minimum absolute atomic E-state index is 0.265. The van der Waals surface area contributed by atoms with Gasteiger partial charge in [0.1, 0.15) is 23.0 Å². The summed E-state index contributed by atoms with van der Waals surface area (Å²) >= 11 is 0. The average molecular weight is 264 g/mol. The summed E-state index contributed by atoms with van der Waals surface area (Å²) in [7, 11) is 0. The predicted octanol–water partition coefficient (Wildman–Crippen LogP) is 3.50. The van der Waals surface area contributed by atoms with Gasteiger partial charge in [-0.3, -0.25) is 10.1 Å². The molecular weight excluding hydrogens is 251 g/mol. The number of aryl methyl sites for hydroxylation is 1. The van der Waals surface area contributed by atoms with Gasteiger partial charge in [-0.15, -0.1) is 0 Å². The first kappa shape index (κ1) is 13.1. The maximum Gasteiger partial charge on any atom is 0.295 e. The van der Waals surface area contributed by atoms with Crippen molar-refractivity contribution < 1.29 is 13.7 Å². The van der Waals surface area contributed by atoms with Crippen LogP contribution in [0, 0.1) is 15.9 Å². The second kappa shape index (κ2) is 5.51. The van der Waals surface area contributed by atoms with E-state index in [9.17, 15) is 14.5 Å². The highest BCUT2D eigenvalue weighted by molar-refractivity contribution is 5.61. The van der Waals surface area contributed by atoms with Gasteiger partial charge in [0.05, 0.1) is 17.5 Å². The number of nitro groups is 1. The zero-order valence-electron chi connectivity index (χ0n) is 10.4. The van der Waals surface area contributed by atoms with Crippen LogP contribution in [0.3, 0.4) is 0 Å². The van der Waals surface area contributed by atoms with Crippen molar-refractivity contribution in [2.75, 3.05) is 5.32 Å². The van der Waals surface area contributed by atoms with Crippen LogP contribution in [0.15, 0.2) is 34.7 Å². The number of anilines is 1. The van der Waals surface area contributed by atoms with Gasteiger partial charge < -0.3 is 9.73 Å². The molecule has 100 valence electrons. The Balaban J connectivity index is 2.12. The summed E-state index contributed by atoms with van der Waals surface area (Å²) in [6.45, 7) is 2.29. The van der Waals surface area contributed by atoms with Crippen LogP contribution in [0.2, 0.25) is 0 Å². The molecule has 1 N–H and O–H groups in total. The van der Waals surface area contributed by atoms with Crippen LogP contribution >= 0.6 is 0 Å². The molecule has 2 aromatic rings. The third-order valence-electron chi connectivity index (χ3n) is 2.68. The Hall–Kier alpha value is -2.37. The van der Waals surface area contributed by atoms with Crippen molar-refractivity contribution in [3.63, 3.8) is 0 Å². The lowest BCUT2D eigenvalue weighted by molar-refractivity contribution is -0.384. The molecule has 0 aliphatic heterocycles.